The Labute approximate surface area is 131 Å². The van der Waals surface area contributed by atoms with Crippen molar-refractivity contribution in [3.8, 4) is 0 Å². The molecule has 0 saturated heterocycles. The number of carbonyl (C=O) groups is 2. The number of nitrogens with zero attached hydrogens (tertiary/aromatic N) is 1. The van der Waals surface area contributed by atoms with Gasteiger partial charge >= 0.3 is 5.97 Å². The normalized spacial score (nSPS) is 11.8. The second-order valence-corrected chi connectivity index (χ2v) is 6.25. The van der Waals surface area contributed by atoms with Gasteiger partial charge in [-0.1, -0.05) is 41.9 Å². The van der Waals surface area contributed by atoms with Gasteiger partial charge in [0.25, 0.3) is 5.91 Å². The van der Waals surface area contributed by atoms with E-state index in [0.29, 0.717) is 14.8 Å². The van der Waals surface area contributed by atoms with Gasteiger partial charge in [-0.3, -0.25) is 4.79 Å². The van der Waals surface area contributed by atoms with Crippen LogP contribution in [0.25, 0.3) is 0 Å². The smallest absolute Gasteiger partial charge is 0.349 e. The third kappa shape index (κ3) is 3.83. The minimum atomic E-state index is -0.963. The summed E-state index contributed by atoms with van der Waals surface area (Å²) in [4.78, 5) is 26.1. The first-order valence-corrected chi connectivity index (χ1v) is 7.41. The molecule has 0 spiro atoms. The van der Waals surface area contributed by atoms with E-state index in [1.54, 1.807) is 50.5 Å². The number of halogens is 1. The van der Waals surface area contributed by atoms with Crippen LogP contribution < -0.4 is 0 Å². The summed E-state index contributed by atoms with van der Waals surface area (Å²) in [6.07, 6.45) is -0.963. The fourth-order valence-corrected chi connectivity index (χ4v) is 2.64. The van der Waals surface area contributed by atoms with E-state index in [0.717, 1.165) is 11.3 Å². The van der Waals surface area contributed by atoms with Crippen LogP contribution >= 0.6 is 22.9 Å². The Hall–Kier alpha value is -1.85. The molecule has 21 heavy (non-hydrogen) atoms. The molecule has 1 aromatic carbocycles. The van der Waals surface area contributed by atoms with Crippen molar-refractivity contribution in [2.75, 3.05) is 14.1 Å². The molecule has 1 unspecified atom stereocenters. The minimum Gasteiger partial charge on any atom is -0.443 e. The van der Waals surface area contributed by atoms with Crippen LogP contribution in [-0.2, 0) is 9.53 Å². The van der Waals surface area contributed by atoms with Gasteiger partial charge in [-0.05, 0) is 12.1 Å². The first-order chi connectivity index (χ1) is 9.99. The lowest BCUT2D eigenvalue weighted by atomic mass is 10.1. The second kappa shape index (κ2) is 6.74. The summed E-state index contributed by atoms with van der Waals surface area (Å²) in [7, 11) is 3.24. The van der Waals surface area contributed by atoms with Crippen LogP contribution in [-0.4, -0.2) is 30.9 Å². The van der Waals surface area contributed by atoms with Gasteiger partial charge in [-0.25, -0.2) is 4.79 Å². The number of hydrogen-bond acceptors (Lipinski definition) is 4. The van der Waals surface area contributed by atoms with Gasteiger partial charge in [0.2, 0.25) is 6.10 Å². The largest absolute Gasteiger partial charge is 0.443 e. The molecule has 0 N–H and O–H groups in total. The molecule has 4 nitrogen and oxygen atoms in total. The molecule has 0 bridgehead atoms. The Kier molecular flexibility index (Phi) is 4.98. The minimum absolute atomic E-state index is 0.294. The summed E-state index contributed by atoms with van der Waals surface area (Å²) in [6, 6.07) is 12.1. The highest BCUT2D eigenvalue weighted by atomic mass is 35.5. The van der Waals surface area contributed by atoms with E-state index in [2.05, 4.69) is 0 Å². The monoisotopic (exact) mass is 323 g/mol. The maximum atomic E-state index is 12.2. The van der Waals surface area contributed by atoms with Gasteiger partial charge in [0.05, 0.1) is 4.34 Å². The predicted molar refractivity (Wildman–Crippen MR) is 82.6 cm³/mol. The van der Waals surface area contributed by atoms with Crippen molar-refractivity contribution >= 4 is 34.8 Å². The van der Waals surface area contributed by atoms with Gasteiger partial charge in [-0.15, -0.1) is 11.3 Å². The molecule has 0 aliphatic heterocycles. The molecule has 0 radical (unpaired) electrons. The number of thiophene rings is 1. The molecular formula is C15H14ClNO3S. The highest BCUT2D eigenvalue weighted by molar-refractivity contribution is 7.17. The molecule has 0 aliphatic rings. The Morgan fingerprint density at radius 2 is 1.81 bits per heavy atom. The molecule has 0 saturated carbocycles. The van der Waals surface area contributed by atoms with Crippen LogP contribution in [0.4, 0.5) is 0 Å². The van der Waals surface area contributed by atoms with Crippen LogP contribution in [0.3, 0.4) is 0 Å². The third-order valence-corrected chi connectivity index (χ3v) is 3.98. The fourth-order valence-electron chi connectivity index (χ4n) is 1.71. The molecule has 0 fully saturated rings. The molecule has 2 aromatic rings. The lowest BCUT2D eigenvalue weighted by molar-refractivity contribution is -0.138. The number of benzene rings is 1. The molecule has 110 valence electrons. The molecule has 6 heteroatoms. The average Bonchev–Trinajstić information content (AvgIpc) is 2.91. The van der Waals surface area contributed by atoms with E-state index in [9.17, 15) is 9.59 Å². The summed E-state index contributed by atoms with van der Waals surface area (Å²) in [5, 5.41) is 0. The summed E-state index contributed by atoms with van der Waals surface area (Å²) >= 11 is 6.93. The summed E-state index contributed by atoms with van der Waals surface area (Å²) in [5.41, 5.74) is 0.632. The lowest BCUT2D eigenvalue weighted by Crippen LogP contribution is -2.31. The highest BCUT2D eigenvalue weighted by Gasteiger charge is 2.27. The van der Waals surface area contributed by atoms with E-state index < -0.39 is 12.1 Å². The number of amides is 1. The van der Waals surface area contributed by atoms with E-state index in [-0.39, 0.29) is 5.91 Å². The third-order valence-electron chi connectivity index (χ3n) is 2.77. The number of ether oxygens (including phenoxy) is 1. The molecular weight excluding hydrogens is 310 g/mol. The van der Waals surface area contributed by atoms with Crippen molar-refractivity contribution in [1.29, 1.82) is 0 Å². The zero-order chi connectivity index (χ0) is 15.4. The van der Waals surface area contributed by atoms with Gasteiger partial charge < -0.3 is 9.64 Å². The number of esters is 1. The number of hydrogen-bond donors (Lipinski definition) is 0. The summed E-state index contributed by atoms with van der Waals surface area (Å²) in [6.45, 7) is 0. The van der Waals surface area contributed by atoms with Gasteiger partial charge in [0.15, 0.2) is 0 Å². The van der Waals surface area contributed by atoms with Crippen molar-refractivity contribution in [1.82, 2.24) is 4.90 Å². The molecule has 1 heterocycles. The van der Waals surface area contributed by atoms with E-state index in [4.69, 9.17) is 16.3 Å². The van der Waals surface area contributed by atoms with E-state index in [1.807, 2.05) is 6.07 Å². The van der Waals surface area contributed by atoms with Crippen molar-refractivity contribution < 1.29 is 14.3 Å². The Morgan fingerprint density at radius 1 is 1.14 bits per heavy atom. The SMILES string of the molecule is CN(C)C(=O)C(OC(=O)c1ccc(Cl)s1)c1ccccc1. The Bertz CT molecular complexity index is 639. The number of likely N-dealkylation sites (N-methyl/N-ethyl adjacent to an activating group) is 1. The van der Waals surface area contributed by atoms with Crippen LogP contribution in [0.2, 0.25) is 4.34 Å². The molecule has 0 aliphatic carbocycles. The van der Waals surface area contributed by atoms with Gasteiger partial charge in [0, 0.05) is 19.7 Å². The zero-order valence-corrected chi connectivity index (χ0v) is 13.1. The topological polar surface area (TPSA) is 46.6 Å². The number of rotatable bonds is 4. The summed E-state index contributed by atoms with van der Waals surface area (Å²) in [5.74, 6) is -0.854. The zero-order valence-electron chi connectivity index (χ0n) is 11.6. The van der Waals surface area contributed by atoms with E-state index >= 15 is 0 Å². The van der Waals surface area contributed by atoms with Gasteiger partial charge in [0.1, 0.15) is 4.88 Å². The van der Waals surface area contributed by atoms with Crippen molar-refractivity contribution in [2.24, 2.45) is 0 Å². The number of carbonyl (C=O) groups excluding carboxylic acids is 2. The molecule has 1 amide bonds. The Balaban J connectivity index is 2.24. The standard InChI is InChI=1S/C15H14ClNO3S/c1-17(2)14(18)13(10-6-4-3-5-7-10)20-15(19)11-8-9-12(16)21-11/h3-9,13H,1-2H3. The quantitative estimate of drug-likeness (QED) is 0.810. The van der Waals surface area contributed by atoms with Crippen molar-refractivity contribution in [3.63, 3.8) is 0 Å². The molecule has 1 aromatic heterocycles. The first kappa shape index (κ1) is 15.5. The van der Waals surface area contributed by atoms with Crippen molar-refractivity contribution in [2.45, 2.75) is 6.10 Å². The maximum Gasteiger partial charge on any atom is 0.349 e. The maximum absolute atomic E-state index is 12.2. The first-order valence-electron chi connectivity index (χ1n) is 6.21. The fraction of sp³-hybridized carbons (Fsp3) is 0.200. The van der Waals surface area contributed by atoms with E-state index in [1.165, 1.54) is 4.90 Å². The summed E-state index contributed by atoms with van der Waals surface area (Å²) < 4.78 is 5.88. The molecule has 1 atom stereocenters. The second-order valence-electron chi connectivity index (χ2n) is 4.53. The van der Waals surface area contributed by atoms with Crippen LogP contribution in [0.5, 0.6) is 0 Å². The van der Waals surface area contributed by atoms with Crippen LogP contribution in [0.1, 0.15) is 21.3 Å². The van der Waals surface area contributed by atoms with Crippen LogP contribution in [0.15, 0.2) is 42.5 Å². The average molecular weight is 324 g/mol. The Morgan fingerprint density at radius 3 is 2.33 bits per heavy atom. The van der Waals surface area contributed by atoms with Crippen LogP contribution in [0, 0.1) is 0 Å². The molecule has 2 rings (SSSR count). The highest BCUT2D eigenvalue weighted by Crippen LogP contribution is 2.26. The predicted octanol–water partition coefficient (Wildman–Crippen LogP) is 3.39. The lowest BCUT2D eigenvalue weighted by Gasteiger charge is -2.20. The van der Waals surface area contributed by atoms with Crippen molar-refractivity contribution in [3.05, 3.63) is 57.2 Å². The van der Waals surface area contributed by atoms with Gasteiger partial charge in [-0.2, -0.15) is 0 Å².